The number of guanidine groups is 1. The first-order valence-corrected chi connectivity index (χ1v) is 9.43. The number of phenolic OH excluding ortho intramolecular Hbond substituents is 1. The van der Waals surface area contributed by atoms with Crippen LogP contribution in [0.4, 0.5) is 4.39 Å². The van der Waals surface area contributed by atoms with Gasteiger partial charge in [0.1, 0.15) is 12.4 Å². The Labute approximate surface area is 164 Å². The van der Waals surface area contributed by atoms with E-state index in [9.17, 15) is 14.3 Å². The number of amides is 1. The molecule has 3 N–H and O–H groups in total. The molecule has 3 heterocycles. The molecule has 0 bridgehead atoms. The number of carbonyl (C=O) groups is 1. The number of aromatic hydroxyl groups is 1. The molecule has 142 valence electrons. The number of aromatic nitrogens is 1. The highest BCUT2D eigenvalue weighted by molar-refractivity contribution is 7.08. The second-order valence-corrected chi connectivity index (χ2v) is 7.22. The van der Waals surface area contributed by atoms with Crippen LogP contribution in [0.25, 0.3) is 11.1 Å². The smallest absolute Gasteiger partial charge is 0.267 e. The summed E-state index contributed by atoms with van der Waals surface area (Å²) < 4.78 is 13.2. The number of halogens is 1. The Morgan fingerprint density at radius 2 is 2.11 bits per heavy atom. The van der Waals surface area contributed by atoms with Gasteiger partial charge >= 0.3 is 0 Å². The minimum atomic E-state index is -1.54. The SMILES string of the molecule is CN1C(=O)C(c2ccc(O)c(-c3ccsc3)c2)(c2cccc(CF)n2)N=C1N. The van der Waals surface area contributed by atoms with E-state index in [0.29, 0.717) is 11.1 Å². The number of pyridine rings is 1. The van der Waals surface area contributed by atoms with Gasteiger partial charge in [-0.25, -0.2) is 9.38 Å². The van der Waals surface area contributed by atoms with Crippen molar-refractivity contribution in [3.05, 3.63) is 70.2 Å². The number of phenols is 1. The van der Waals surface area contributed by atoms with Crippen molar-refractivity contribution in [3.63, 3.8) is 0 Å². The molecule has 8 heteroatoms. The lowest BCUT2D eigenvalue weighted by Gasteiger charge is -2.26. The van der Waals surface area contributed by atoms with E-state index in [-0.39, 0.29) is 23.1 Å². The van der Waals surface area contributed by atoms with Crippen molar-refractivity contribution in [1.29, 1.82) is 0 Å². The van der Waals surface area contributed by atoms with Gasteiger partial charge in [-0.3, -0.25) is 14.7 Å². The Morgan fingerprint density at radius 1 is 1.29 bits per heavy atom. The fourth-order valence-electron chi connectivity index (χ4n) is 3.31. The molecule has 6 nitrogen and oxygen atoms in total. The zero-order chi connectivity index (χ0) is 19.9. The summed E-state index contributed by atoms with van der Waals surface area (Å²) in [5.74, 6) is -0.267. The first kappa shape index (κ1) is 18.1. The van der Waals surface area contributed by atoms with E-state index < -0.39 is 18.1 Å². The first-order chi connectivity index (χ1) is 13.5. The maximum atomic E-state index is 13.3. The molecule has 3 aromatic rings. The second kappa shape index (κ2) is 6.72. The highest BCUT2D eigenvalue weighted by Gasteiger charge is 2.51. The normalized spacial score (nSPS) is 19.1. The van der Waals surface area contributed by atoms with Crippen molar-refractivity contribution in [2.24, 2.45) is 10.7 Å². The number of likely N-dealkylation sites (N-methyl/N-ethyl adjacent to an activating group) is 1. The molecule has 1 aliphatic rings. The fourth-order valence-corrected chi connectivity index (χ4v) is 3.97. The van der Waals surface area contributed by atoms with Crippen molar-refractivity contribution in [3.8, 4) is 16.9 Å². The van der Waals surface area contributed by atoms with Crippen molar-refractivity contribution in [2.75, 3.05) is 7.05 Å². The Hall–Kier alpha value is -3.26. The molecule has 0 saturated carbocycles. The number of hydrogen-bond donors (Lipinski definition) is 2. The van der Waals surface area contributed by atoms with E-state index in [4.69, 9.17) is 5.73 Å². The molecule has 0 fully saturated rings. The van der Waals surface area contributed by atoms with Crippen molar-refractivity contribution in [1.82, 2.24) is 9.88 Å². The number of aliphatic imine (C=N–C) groups is 1. The van der Waals surface area contributed by atoms with Crippen LogP contribution in [0, 0.1) is 0 Å². The van der Waals surface area contributed by atoms with E-state index >= 15 is 0 Å². The molecule has 4 rings (SSSR count). The lowest BCUT2D eigenvalue weighted by molar-refractivity contribution is -0.129. The molecule has 1 amide bonds. The van der Waals surface area contributed by atoms with E-state index in [1.807, 2.05) is 16.8 Å². The van der Waals surface area contributed by atoms with Crippen LogP contribution in [-0.4, -0.2) is 33.9 Å². The largest absolute Gasteiger partial charge is 0.507 e. The van der Waals surface area contributed by atoms with E-state index in [2.05, 4.69) is 9.98 Å². The minimum absolute atomic E-state index is 0.0441. The zero-order valence-corrected chi connectivity index (χ0v) is 15.8. The van der Waals surface area contributed by atoms with Crippen LogP contribution >= 0.6 is 11.3 Å². The van der Waals surface area contributed by atoms with Gasteiger partial charge in [0.25, 0.3) is 5.91 Å². The molecule has 1 unspecified atom stereocenters. The number of alkyl halides is 1. The third-order valence-corrected chi connectivity index (χ3v) is 5.48. The summed E-state index contributed by atoms with van der Waals surface area (Å²) in [5, 5.41) is 14.1. The van der Waals surface area contributed by atoms with Crippen LogP contribution in [-0.2, 0) is 17.0 Å². The van der Waals surface area contributed by atoms with Crippen molar-refractivity contribution in [2.45, 2.75) is 12.2 Å². The molecule has 0 aliphatic carbocycles. The maximum absolute atomic E-state index is 13.3. The summed E-state index contributed by atoms with van der Waals surface area (Å²) >= 11 is 1.50. The summed E-state index contributed by atoms with van der Waals surface area (Å²) in [6, 6.07) is 11.5. The highest BCUT2D eigenvalue weighted by Crippen LogP contribution is 2.42. The summed E-state index contributed by atoms with van der Waals surface area (Å²) in [4.78, 5) is 23.3. The number of thiophene rings is 1. The zero-order valence-electron chi connectivity index (χ0n) is 15.0. The molecule has 2 aromatic heterocycles. The summed E-state index contributed by atoms with van der Waals surface area (Å²) in [5.41, 5.74) is 6.78. The molecule has 0 radical (unpaired) electrons. The third kappa shape index (κ3) is 2.65. The topological polar surface area (TPSA) is 91.8 Å². The third-order valence-electron chi connectivity index (χ3n) is 4.80. The average Bonchev–Trinajstić information content (AvgIpc) is 3.32. The number of carbonyl (C=O) groups excluding carboxylic acids is 1. The molecule has 0 saturated heterocycles. The predicted octanol–water partition coefficient (Wildman–Crippen LogP) is 3.02. The van der Waals surface area contributed by atoms with Gasteiger partial charge in [-0.05, 0) is 52.2 Å². The van der Waals surface area contributed by atoms with Gasteiger partial charge in [-0.2, -0.15) is 11.3 Å². The lowest BCUT2D eigenvalue weighted by Crippen LogP contribution is -2.41. The van der Waals surface area contributed by atoms with Gasteiger partial charge in [-0.1, -0.05) is 12.1 Å². The van der Waals surface area contributed by atoms with Crippen LogP contribution in [0.1, 0.15) is 17.0 Å². The summed E-state index contributed by atoms with van der Waals surface area (Å²) in [6.45, 7) is -0.761. The van der Waals surface area contributed by atoms with Gasteiger partial charge in [-0.15, -0.1) is 0 Å². The Bertz CT molecular complexity index is 1080. The van der Waals surface area contributed by atoms with Crippen LogP contribution in [0.3, 0.4) is 0 Å². The lowest BCUT2D eigenvalue weighted by atomic mass is 9.84. The molecular formula is C20H17FN4O2S. The van der Waals surface area contributed by atoms with Crippen LogP contribution in [0.5, 0.6) is 5.75 Å². The van der Waals surface area contributed by atoms with Crippen LogP contribution < -0.4 is 5.73 Å². The number of benzene rings is 1. The van der Waals surface area contributed by atoms with E-state index in [1.165, 1.54) is 29.4 Å². The van der Waals surface area contributed by atoms with Gasteiger partial charge in [0.15, 0.2) is 5.96 Å². The highest BCUT2D eigenvalue weighted by atomic mass is 32.1. The Balaban J connectivity index is 1.98. The number of nitrogens with zero attached hydrogens (tertiary/aromatic N) is 3. The number of hydrogen-bond acceptors (Lipinski definition) is 6. The van der Waals surface area contributed by atoms with Gasteiger partial charge < -0.3 is 10.8 Å². The summed E-state index contributed by atoms with van der Waals surface area (Å²) in [6.07, 6.45) is 0. The van der Waals surface area contributed by atoms with E-state index in [1.54, 1.807) is 30.3 Å². The van der Waals surface area contributed by atoms with Crippen molar-refractivity contribution >= 4 is 23.2 Å². The van der Waals surface area contributed by atoms with Crippen molar-refractivity contribution < 1.29 is 14.3 Å². The van der Waals surface area contributed by atoms with Gasteiger partial charge in [0.2, 0.25) is 5.54 Å². The number of rotatable bonds is 4. The van der Waals surface area contributed by atoms with E-state index in [0.717, 1.165) is 5.56 Å². The number of nitrogens with two attached hydrogens (primary N) is 1. The van der Waals surface area contributed by atoms with Crippen LogP contribution in [0.15, 0.2) is 58.2 Å². The fraction of sp³-hybridized carbons (Fsp3) is 0.150. The molecule has 0 spiro atoms. The molecular weight excluding hydrogens is 379 g/mol. The molecule has 1 aromatic carbocycles. The molecule has 1 aliphatic heterocycles. The monoisotopic (exact) mass is 396 g/mol. The van der Waals surface area contributed by atoms with Gasteiger partial charge in [0.05, 0.1) is 11.4 Å². The molecule has 28 heavy (non-hydrogen) atoms. The standard InChI is InChI=1S/C20H17FN4O2S/c1-25-18(27)20(24-19(25)22,17-4-2-3-14(10-21)23-17)13-5-6-16(26)15(9-13)12-7-8-28-11-12/h2-9,11,26H,10H2,1H3,(H2,22,24). The first-order valence-electron chi connectivity index (χ1n) is 8.49. The average molecular weight is 396 g/mol. The predicted molar refractivity (Wildman–Crippen MR) is 106 cm³/mol. The maximum Gasteiger partial charge on any atom is 0.267 e. The Morgan fingerprint density at radius 3 is 2.75 bits per heavy atom. The van der Waals surface area contributed by atoms with Crippen LogP contribution in [0.2, 0.25) is 0 Å². The quantitative estimate of drug-likeness (QED) is 0.709. The summed E-state index contributed by atoms with van der Waals surface area (Å²) in [7, 11) is 1.53. The second-order valence-electron chi connectivity index (χ2n) is 6.44. The Kier molecular flexibility index (Phi) is 4.35. The van der Waals surface area contributed by atoms with Gasteiger partial charge in [0, 0.05) is 12.6 Å². The minimum Gasteiger partial charge on any atom is -0.507 e. The molecule has 1 atom stereocenters.